The Morgan fingerprint density at radius 2 is 2.04 bits per heavy atom. The van der Waals surface area contributed by atoms with Crippen molar-refractivity contribution in [3.05, 3.63) is 58.3 Å². The van der Waals surface area contributed by atoms with Crippen LogP contribution in [0.2, 0.25) is 4.34 Å². The molecular formula is C16H11ClFNO3S. The van der Waals surface area contributed by atoms with E-state index >= 15 is 0 Å². The van der Waals surface area contributed by atoms with E-state index in [1.165, 1.54) is 23.5 Å². The van der Waals surface area contributed by atoms with Crippen molar-refractivity contribution in [2.24, 2.45) is 0 Å². The first-order chi connectivity index (χ1) is 11.2. The molecule has 0 aliphatic rings. The van der Waals surface area contributed by atoms with Gasteiger partial charge in [-0.1, -0.05) is 17.7 Å². The second-order valence-electron chi connectivity index (χ2n) is 4.54. The van der Waals surface area contributed by atoms with Crippen LogP contribution < -0.4 is 0 Å². The molecule has 7 heteroatoms. The fourth-order valence-electron chi connectivity index (χ4n) is 1.98. The van der Waals surface area contributed by atoms with Gasteiger partial charge in [-0.25, -0.2) is 14.3 Å². The highest BCUT2D eigenvalue weighted by Crippen LogP contribution is 2.36. The predicted molar refractivity (Wildman–Crippen MR) is 87.8 cm³/mol. The smallest absolute Gasteiger partial charge is 0.227 e. The van der Waals surface area contributed by atoms with Crippen molar-refractivity contribution >= 4 is 29.0 Å². The Hall–Kier alpha value is -1.99. The zero-order valence-electron chi connectivity index (χ0n) is 11.7. The van der Waals surface area contributed by atoms with E-state index in [1.54, 1.807) is 30.4 Å². The van der Waals surface area contributed by atoms with E-state index in [2.05, 4.69) is 9.87 Å². The Kier molecular flexibility index (Phi) is 4.88. The van der Waals surface area contributed by atoms with Crippen LogP contribution in [-0.2, 0) is 4.89 Å². The molecule has 2 heterocycles. The molecule has 0 amide bonds. The summed E-state index contributed by atoms with van der Waals surface area (Å²) in [5.41, 5.74) is 1.23. The Morgan fingerprint density at radius 3 is 2.70 bits per heavy atom. The van der Waals surface area contributed by atoms with E-state index in [-0.39, 0.29) is 12.4 Å². The van der Waals surface area contributed by atoms with E-state index in [4.69, 9.17) is 21.3 Å². The largest absolute Gasteiger partial charge is 0.435 e. The van der Waals surface area contributed by atoms with Crippen molar-refractivity contribution in [3.63, 3.8) is 0 Å². The lowest BCUT2D eigenvalue weighted by atomic mass is 10.2. The van der Waals surface area contributed by atoms with Crippen LogP contribution in [-0.4, -0.2) is 16.8 Å². The highest BCUT2D eigenvalue weighted by atomic mass is 35.5. The van der Waals surface area contributed by atoms with Crippen LogP contribution in [0.3, 0.4) is 0 Å². The van der Waals surface area contributed by atoms with Gasteiger partial charge in [0.15, 0.2) is 5.76 Å². The van der Waals surface area contributed by atoms with Gasteiger partial charge in [-0.3, -0.25) is 5.26 Å². The van der Waals surface area contributed by atoms with Crippen LogP contribution in [0.4, 0.5) is 4.39 Å². The molecule has 0 radical (unpaired) electrons. The molecule has 0 saturated carbocycles. The summed E-state index contributed by atoms with van der Waals surface area (Å²) in [6.07, 6.45) is 3.28. The molecule has 2 aromatic heterocycles. The van der Waals surface area contributed by atoms with Crippen LogP contribution in [0, 0.1) is 5.82 Å². The van der Waals surface area contributed by atoms with Gasteiger partial charge >= 0.3 is 0 Å². The number of aromatic nitrogens is 1. The molecule has 0 spiro atoms. The van der Waals surface area contributed by atoms with E-state index in [1.807, 2.05) is 6.07 Å². The van der Waals surface area contributed by atoms with Crippen LogP contribution in [0.5, 0.6) is 0 Å². The number of rotatable bonds is 5. The molecule has 1 N–H and O–H groups in total. The molecule has 0 saturated heterocycles. The van der Waals surface area contributed by atoms with Crippen molar-refractivity contribution in [3.8, 4) is 22.1 Å². The summed E-state index contributed by atoms with van der Waals surface area (Å²) < 4.78 is 19.5. The molecule has 0 fully saturated rings. The zero-order chi connectivity index (χ0) is 16.2. The molecule has 0 aliphatic carbocycles. The van der Waals surface area contributed by atoms with Crippen molar-refractivity contribution in [1.82, 2.24) is 4.98 Å². The monoisotopic (exact) mass is 351 g/mol. The summed E-state index contributed by atoms with van der Waals surface area (Å²) in [5, 5.41) is 8.40. The van der Waals surface area contributed by atoms with Crippen molar-refractivity contribution in [2.45, 2.75) is 0 Å². The SMILES string of the molecule is OOC/C=C/c1nc(-c2ccc(F)cc2)oc1-c1ccc(Cl)s1. The Labute approximate surface area is 140 Å². The van der Waals surface area contributed by atoms with Gasteiger partial charge in [-0.15, -0.1) is 11.3 Å². The highest BCUT2D eigenvalue weighted by molar-refractivity contribution is 7.19. The molecule has 3 rings (SSSR count). The Balaban J connectivity index is 2.03. The minimum Gasteiger partial charge on any atom is -0.435 e. The quantitative estimate of drug-likeness (QED) is 0.496. The third-order valence-corrected chi connectivity index (χ3v) is 4.22. The van der Waals surface area contributed by atoms with Gasteiger partial charge in [-0.2, -0.15) is 0 Å². The summed E-state index contributed by atoms with van der Waals surface area (Å²) in [5.74, 6) is 0.593. The summed E-state index contributed by atoms with van der Waals surface area (Å²) in [6.45, 7) is 0.0311. The summed E-state index contributed by atoms with van der Waals surface area (Å²) in [4.78, 5) is 9.25. The lowest BCUT2D eigenvalue weighted by Crippen LogP contribution is -1.83. The number of hydrogen-bond donors (Lipinski definition) is 1. The molecule has 118 valence electrons. The number of halogens is 2. The number of oxazole rings is 1. The zero-order valence-corrected chi connectivity index (χ0v) is 13.3. The van der Waals surface area contributed by atoms with Crippen LogP contribution >= 0.6 is 22.9 Å². The lowest BCUT2D eigenvalue weighted by molar-refractivity contribution is -0.231. The standard InChI is InChI=1S/C16H11ClFNO3S/c17-14-8-7-13(23-14)15-12(2-1-9-21-20)19-16(22-15)10-3-5-11(18)6-4-10/h1-8,20H,9H2/b2-1+. The van der Waals surface area contributed by atoms with Gasteiger partial charge in [-0.05, 0) is 42.5 Å². The molecule has 3 aromatic rings. The first-order valence-corrected chi connectivity index (χ1v) is 7.82. The van der Waals surface area contributed by atoms with Gasteiger partial charge in [0, 0.05) is 5.56 Å². The minimum atomic E-state index is -0.328. The van der Waals surface area contributed by atoms with E-state index in [0.717, 1.165) is 4.88 Å². The minimum absolute atomic E-state index is 0.0311. The normalized spacial score (nSPS) is 11.4. The maximum atomic E-state index is 13.0. The Bertz CT molecular complexity index is 826. The third-order valence-electron chi connectivity index (χ3n) is 2.99. The highest BCUT2D eigenvalue weighted by Gasteiger charge is 2.16. The van der Waals surface area contributed by atoms with Crippen molar-refractivity contribution in [1.29, 1.82) is 0 Å². The Morgan fingerprint density at radius 1 is 1.26 bits per heavy atom. The number of thiophene rings is 1. The third kappa shape index (κ3) is 3.68. The first kappa shape index (κ1) is 15.9. The second-order valence-corrected chi connectivity index (χ2v) is 6.26. The van der Waals surface area contributed by atoms with Gasteiger partial charge in [0.1, 0.15) is 18.1 Å². The first-order valence-electron chi connectivity index (χ1n) is 6.63. The molecule has 0 unspecified atom stereocenters. The maximum absolute atomic E-state index is 13.0. The van der Waals surface area contributed by atoms with E-state index < -0.39 is 0 Å². The average molecular weight is 352 g/mol. The summed E-state index contributed by atoms with van der Waals surface area (Å²) in [6, 6.07) is 9.48. The van der Waals surface area contributed by atoms with Crippen LogP contribution in [0.25, 0.3) is 28.2 Å². The van der Waals surface area contributed by atoms with Crippen LogP contribution in [0.15, 0.2) is 46.9 Å². The number of hydrogen-bond acceptors (Lipinski definition) is 5. The van der Waals surface area contributed by atoms with Crippen molar-refractivity contribution < 1.29 is 19.0 Å². The molecule has 4 nitrogen and oxygen atoms in total. The van der Waals surface area contributed by atoms with Gasteiger partial charge in [0.05, 0.1) is 9.21 Å². The molecule has 1 aromatic carbocycles. The maximum Gasteiger partial charge on any atom is 0.227 e. The topological polar surface area (TPSA) is 55.5 Å². The van der Waals surface area contributed by atoms with E-state index in [0.29, 0.717) is 27.2 Å². The predicted octanol–water partition coefficient (Wildman–Crippen LogP) is 5.37. The molecular weight excluding hydrogens is 341 g/mol. The lowest BCUT2D eigenvalue weighted by Gasteiger charge is -1.94. The average Bonchev–Trinajstić information content (AvgIpc) is 3.15. The molecule has 0 aliphatic heterocycles. The summed E-state index contributed by atoms with van der Waals surface area (Å²) >= 11 is 7.34. The second kappa shape index (κ2) is 7.06. The molecule has 0 atom stereocenters. The number of nitrogens with zero attached hydrogens (tertiary/aromatic N) is 1. The van der Waals surface area contributed by atoms with Crippen LogP contribution in [0.1, 0.15) is 5.69 Å². The van der Waals surface area contributed by atoms with Crippen molar-refractivity contribution in [2.75, 3.05) is 6.61 Å². The number of benzene rings is 1. The van der Waals surface area contributed by atoms with Gasteiger partial charge < -0.3 is 4.42 Å². The fourth-order valence-corrected chi connectivity index (χ4v) is 3.01. The summed E-state index contributed by atoms with van der Waals surface area (Å²) in [7, 11) is 0. The van der Waals surface area contributed by atoms with E-state index in [9.17, 15) is 4.39 Å². The molecule has 23 heavy (non-hydrogen) atoms. The molecule has 0 bridgehead atoms. The van der Waals surface area contributed by atoms with Gasteiger partial charge in [0.25, 0.3) is 0 Å². The fraction of sp³-hybridized carbons (Fsp3) is 0.0625. The van der Waals surface area contributed by atoms with Gasteiger partial charge in [0.2, 0.25) is 5.89 Å².